The Hall–Kier alpha value is -8.98. The van der Waals surface area contributed by atoms with Crippen LogP contribution in [0.15, 0.2) is 273 Å². The minimum absolute atomic E-state index is 0.361. The molecule has 3 atom stereocenters. The fourth-order valence-electron chi connectivity index (χ4n) is 14.1. The Morgan fingerprint density at radius 2 is 0.780 bits per heavy atom. The zero-order valence-electron chi connectivity index (χ0n) is 48.1. The van der Waals surface area contributed by atoms with Gasteiger partial charge in [-0.3, -0.25) is 0 Å². The number of ether oxygens (including phenoxy) is 1. The number of hydrogen-bond acceptors (Lipinski definition) is 2. The molecule has 0 radical (unpaired) electrons. The summed E-state index contributed by atoms with van der Waals surface area (Å²) in [5, 5.41) is 0. The molecule has 82 heavy (non-hydrogen) atoms. The molecule has 0 amide bonds. The molecule has 0 bridgehead atoms. The van der Waals surface area contributed by atoms with Gasteiger partial charge in [-0.25, -0.2) is 0 Å². The van der Waals surface area contributed by atoms with E-state index in [2.05, 4.69) is 319 Å². The third kappa shape index (κ3) is 8.79. The third-order valence-corrected chi connectivity index (χ3v) is 19.2. The van der Waals surface area contributed by atoms with Crippen molar-refractivity contribution >= 4 is 17.1 Å². The van der Waals surface area contributed by atoms with Gasteiger partial charge in [0.25, 0.3) is 0 Å². The minimum atomic E-state index is -0.660. The minimum Gasteiger partial charge on any atom is -0.457 e. The summed E-state index contributed by atoms with van der Waals surface area (Å²) in [6.45, 7) is 14.1. The van der Waals surface area contributed by atoms with E-state index in [4.69, 9.17) is 4.74 Å². The highest BCUT2D eigenvalue weighted by atomic mass is 16.5. The number of rotatable bonds is 16. The number of nitrogens with zero attached hydrogens (tertiary/aromatic N) is 1. The molecule has 2 heteroatoms. The maximum absolute atomic E-state index is 6.70. The molecule has 2 unspecified atom stereocenters. The van der Waals surface area contributed by atoms with Crippen molar-refractivity contribution in [2.45, 2.75) is 77.6 Å². The Labute approximate surface area is 486 Å². The summed E-state index contributed by atoms with van der Waals surface area (Å²) < 4.78 is 6.70. The second-order valence-corrected chi connectivity index (χ2v) is 23.5. The predicted octanol–water partition coefficient (Wildman–Crippen LogP) is 21.6. The maximum Gasteiger partial charge on any atom is 0.127 e. The van der Waals surface area contributed by atoms with Crippen molar-refractivity contribution in [2.75, 3.05) is 4.90 Å². The van der Waals surface area contributed by atoms with Gasteiger partial charge in [-0.05, 0) is 175 Å². The second-order valence-electron chi connectivity index (χ2n) is 23.5. The fourth-order valence-corrected chi connectivity index (χ4v) is 14.1. The first kappa shape index (κ1) is 52.4. The largest absolute Gasteiger partial charge is 0.457 e. The quantitative estimate of drug-likeness (QED) is 0.0956. The van der Waals surface area contributed by atoms with Gasteiger partial charge in [0.1, 0.15) is 11.5 Å². The molecule has 0 aromatic heterocycles. The van der Waals surface area contributed by atoms with Crippen LogP contribution < -0.4 is 9.64 Å². The monoisotopic (exact) mass is 1060 g/mol. The van der Waals surface area contributed by atoms with Crippen molar-refractivity contribution in [3.05, 3.63) is 329 Å². The molecular formula is C80H71NO. The Kier molecular flexibility index (Phi) is 13.7. The summed E-state index contributed by atoms with van der Waals surface area (Å²) >= 11 is 0. The van der Waals surface area contributed by atoms with Gasteiger partial charge in [0.2, 0.25) is 0 Å². The van der Waals surface area contributed by atoms with Gasteiger partial charge in [0, 0.05) is 17.1 Å². The molecule has 402 valence electrons. The van der Waals surface area contributed by atoms with Crippen LogP contribution >= 0.6 is 0 Å². The van der Waals surface area contributed by atoms with Crippen molar-refractivity contribution in [1.29, 1.82) is 0 Å². The lowest BCUT2D eigenvalue weighted by atomic mass is 9.67. The summed E-state index contributed by atoms with van der Waals surface area (Å²) in [4.78, 5) is 2.48. The molecule has 0 spiro atoms. The van der Waals surface area contributed by atoms with Crippen LogP contribution in [0.1, 0.15) is 115 Å². The first-order chi connectivity index (χ1) is 40.1. The molecule has 2 aliphatic rings. The van der Waals surface area contributed by atoms with E-state index in [1.54, 1.807) is 0 Å². The van der Waals surface area contributed by atoms with E-state index in [0.29, 0.717) is 17.3 Å². The maximum atomic E-state index is 6.70. The van der Waals surface area contributed by atoms with Crippen molar-refractivity contribution < 1.29 is 4.74 Å². The van der Waals surface area contributed by atoms with Crippen LogP contribution in [-0.4, -0.2) is 0 Å². The standard InChI is InChI=1S/C80H71NO/c1-7-78(6,8-2)57(5)52-56(4)58-36-46-68(47-37-58)82-69-48-40-64(41-49-69)80(63-38-32-55(3)33-39-63)75-31-21-19-29-71(75)73-51-45-67(54-77(73)80)81(65-42-34-60(35-43-65)59-22-12-9-13-23-59)66-44-50-72-70-28-18-20-30-74(70)79(76(72)53-66,61-24-14-10-15-25-61)62-26-16-11-17-27-62/h9-51,53-54,56-57H,7-8,52H2,1-6H3/t56?,57-,80?/m0/s1. The highest BCUT2D eigenvalue weighted by molar-refractivity contribution is 5.92. The average molecular weight is 1060 g/mol. The molecule has 2 nitrogen and oxygen atoms in total. The third-order valence-electron chi connectivity index (χ3n) is 19.2. The Morgan fingerprint density at radius 3 is 1.27 bits per heavy atom. The molecule has 0 aliphatic heterocycles. The molecule has 0 saturated heterocycles. The van der Waals surface area contributed by atoms with Crippen LogP contribution in [-0.2, 0) is 10.8 Å². The van der Waals surface area contributed by atoms with Crippen LogP contribution in [0.25, 0.3) is 33.4 Å². The molecule has 11 aromatic rings. The summed E-state index contributed by atoms with van der Waals surface area (Å²) in [7, 11) is 0. The molecule has 0 fully saturated rings. The van der Waals surface area contributed by atoms with Crippen molar-refractivity contribution in [3.8, 4) is 44.9 Å². The topological polar surface area (TPSA) is 12.5 Å². The van der Waals surface area contributed by atoms with Crippen molar-refractivity contribution in [3.63, 3.8) is 0 Å². The second kappa shape index (κ2) is 21.5. The van der Waals surface area contributed by atoms with E-state index in [1.807, 2.05) is 0 Å². The molecule has 13 rings (SSSR count). The molecular weight excluding hydrogens is 991 g/mol. The summed E-state index contributed by atoms with van der Waals surface area (Å²) in [6.07, 6.45) is 3.58. The van der Waals surface area contributed by atoms with Crippen LogP contribution in [0, 0.1) is 18.3 Å². The molecule has 0 heterocycles. The van der Waals surface area contributed by atoms with Crippen LogP contribution in [0.2, 0.25) is 0 Å². The summed E-state index contributed by atoms with van der Waals surface area (Å²) in [6, 6.07) is 102. The van der Waals surface area contributed by atoms with Gasteiger partial charge in [-0.15, -0.1) is 0 Å². The smallest absolute Gasteiger partial charge is 0.127 e. The number of benzene rings is 11. The highest BCUT2D eigenvalue weighted by Crippen LogP contribution is 2.60. The molecule has 11 aromatic carbocycles. The van der Waals surface area contributed by atoms with Crippen molar-refractivity contribution in [2.24, 2.45) is 11.3 Å². The van der Waals surface area contributed by atoms with Gasteiger partial charge in [0.05, 0.1) is 10.8 Å². The van der Waals surface area contributed by atoms with Crippen LogP contribution in [0.4, 0.5) is 17.1 Å². The van der Waals surface area contributed by atoms with Gasteiger partial charge in [0.15, 0.2) is 0 Å². The van der Waals surface area contributed by atoms with E-state index in [1.165, 1.54) is 108 Å². The van der Waals surface area contributed by atoms with E-state index in [9.17, 15) is 0 Å². The number of anilines is 3. The predicted molar refractivity (Wildman–Crippen MR) is 343 cm³/mol. The van der Waals surface area contributed by atoms with E-state index >= 15 is 0 Å². The zero-order chi connectivity index (χ0) is 56.0. The molecule has 0 saturated carbocycles. The highest BCUT2D eigenvalue weighted by Gasteiger charge is 2.48. The molecule has 2 aliphatic carbocycles. The lowest BCUT2D eigenvalue weighted by molar-refractivity contribution is 0.167. The summed E-state index contributed by atoms with van der Waals surface area (Å²) in [5.41, 5.74) is 22.3. The Morgan fingerprint density at radius 1 is 0.390 bits per heavy atom. The zero-order valence-corrected chi connectivity index (χ0v) is 48.1. The average Bonchev–Trinajstić information content (AvgIpc) is 2.55. The van der Waals surface area contributed by atoms with E-state index in [-0.39, 0.29) is 0 Å². The fraction of sp³-hybridized carbons (Fsp3) is 0.175. The Bertz CT molecular complexity index is 3990. The number of hydrogen-bond donors (Lipinski definition) is 0. The van der Waals surface area contributed by atoms with E-state index < -0.39 is 10.8 Å². The first-order valence-corrected chi connectivity index (χ1v) is 29.6. The van der Waals surface area contributed by atoms with Gasteiger partial charge in [-0.1, -0.05) is 265 Å². The van der Waals surface area contributed by atoms with Crippen LogP contribution in [0.5, 0.6) is 11.5 Å². The molecule has 0 N–H and O–H groups in total. The summed E-state index contributed by atoms with van der Waals surface area (Å²) in [5.74, 6) is 2.76. The first-order valence-electron chi connectivity index (χ1n) is 29.6. The van der Waals surface area contributed by atoms with Crippen molar-refractivity contribution in [1.82, 2.24) is 0 Å². The lowest BCUT2D eigenvalue weighted by Gasteiger charge is -2.36. The van der Waals surface area contributed by atoms with Gasteiger partial charge >= 0.3 is 0 Å². The van der Waals surface area contributed by atoms with E-state index in [0.717, 1.165) is 28.6 Å². The Balaban J connectivity index is 0.956. The normalized spacial score (nSPS) is 15.4. The van der Waals surface area contributed by atoms with Gasteiger partial charge in [-0.2, -0.15) is 0 Å². The SMILES string of the molecule is CCC(C)(CC)[C@@H](C)CC(C)c1ccc(Oc2ccc(C3(c4ccc(C)cc4)c4ccccc4-c4ccc(N(c5ccc(-c6ccccc6)cc5)c5ccc6c(c5)C(c5ccccc5)(c5ccccc5)c5ccccc5-6)cc43)cc2)cc1. The lowest BCUT2D eigenvalue weighted by Crippen LogP contribution is -2.29. The van der Waals surface area contributed by atoms with Gasteiger partial charge < -0.3 is 9.64 Å². The van der Waals surface area contributed by atoms with Crippen LogP contribution in [0.3, 0.4) is 0 Å². The number of fused-ring (bicyclic) bond motifs is 6. The number of aryl methyl sites for hydroxylation is 1.